The normalized spacial score (nSPS) is 10.4. The molecule has 22 heavy (non-hydrogen) atoms. The van der Waals surface area contributed by atoms with E-state index < -0.39 is 5.97 Å². The molecule has 4 nitrogen and oxygen atoms in total. The van der Waals surface area contributed by atoms with E-state index in [1.54, 1.807) is 18.2 Å². The minimum Gasteiger partial charge on any atom is -0.493 e. The number of carboxylic acids is 1. The summed E-state index contributed by atoms with van der Waals surface area (Å²) in [7, 11) is 1.44. The third-order valence-electron chi connectivity index (χ3n) is 2.86. The molecule has 2 aromatic rings. The van der Waals surface area contributed by atoms with E-state index in [1.165, 1.54) is 19.2 Å². The molecule has 0 saturated carbocycles. The lowest BCUT2D eigenvalue weighted by molar-refractivity contribution is 0.0696. The quantitative estimate of drug-likeness (QED) is 0.756. The molecule has 0 aliphatic heterocycles. The molecule has 0 radical (unpaired) electrons. The van der Waals surface area contributed by atoms with Crippen molar-refractivity contribution in [2.75, 3.05) is 7.11 Å². The van der Waals surface area contributed by atoms with Crippen molar-refractivity contribution in [3.63, 3.8) is 0 Å². The first-order chi connectivity index (χ1) is 10.4. The zero-order valence-corrected chi connectivity index (χ0v) is 14.5. The van der Waals surface area contributed by atoms with Crippen LogP contribution in [0.1, 0.15) is 15.9 Å². The van der Waals surface area contributed by atoms with Crippen molar-refractivity contribution in [1.29, 1.82) is 0 Å². The summed E-state index contributed by atoms with van der Waals surface area (Å²) in [5, 5.41) is 10.1. The molecule has 0 bridgehead atoms. The molecule has 2 aromatic carbocycles. The van der Waals surface area contributed by atoms with Gasteiger partial charge in [-0.15, -0.1) is 0 Å². The molecule has 0 fully saturated rings. The van der Waals surface area contributed by atoms with Crippen LogP contribution in [-0.2, 0) is 6.61 Å². The van der Waals surface area contributed by atoms with Crippen LogP contribution in [0.5, 0.6) is 11.5 Å². The lowest BCUT2D eigenvalue weighted by Crippen LogP contribution is -2.02. The van der Waals surface area contributed by atoms with Crippen LogP contribution < -0.4 is 9.47 Å². The highest BCUT2D eigenvalue weighted by Gasteiger charge is 2.15. The van der Waals surface area contributed by atoms with Gasteiger partial charge in [-0.25, -0.2) is 4.79 Å². The predicted molar refractivity (Wildman–Crippen MR) is 88.4 cm³/mol. The fraction of sp³-hybridized carbons (Fsp3) is 0.133. The molecule has 0 spiro atoms. The fourth-order valence-corrected chi connectivity index (χ4v) is 2.79. The number of benzene rings is 2. The topological polar surface area (TPSA) is 55.8 Å². The van der Waals surface area contributed by atoms with E-state index in [2.05, 4.69) is 15.9 Å². The number of ether oxygens (including phenoxy) is 2. The maximum absolute atomic E-state index is 11.0. The monoisotopic (exact) mass is 404 g/mol. The van der Waals surface area contributed by atoms with Crippen LogP contribution in [-0.4, -0.2) is 18.2 Å². The third kappa shape index (κ3) is 3.85. The molecule has 0 heterocycles. The fourth-order valence-electron chi connectivity index (χ4n) is 1.77. The van der Waals surface area contributed by atoms with Crippen molar-refractivity contribution >= 4 is 45.1 Å². The second-order valence-electron chi connectivity index (χ2n) is 4.32. The number of rotatable bonds is 5. The molecular formula is C15H11BrCl2O4. The first-order valence-corrected chi connectivity index (χ1v) is 7.65. The molecule has 0 atom stereocenters. The van der Waals surface area contributed by atoms with Gasteiger partial charge in [0.25, 0.3) is 0 Å². The van der Waals surface area contributed by atoms with E-state index in [0.29, 0.717) is 26.0 Å². The van der Waals surface area contributed by atoms with Gasteiger partial charge in [-0.05, 0) is 40.2 Å². The van der Waals surface area contributed by atoms with E-state index in [9.17, 15) is 4.79 Å². The van der Waals surface area contributed by atoms with Gasteiger partial charge in [-0.3, -0.25) is 0 Å². The van der Waals surface area contributed by atoms with Crippen LogP contribution in [0.15, 0.2) is 34.8 Å². The van der Waals surface area contributed by atoms with Crippen LogP contribution in [0.25, 0.3) is 0 Å². The Kier molecular flexibility index (Phi) is 5.56. The molecule has 0 saturated heterocycles. The standard InChI is InChI=1S/C15H11BrCl2O4/c1-21-13-5-9(15(19)20)4-11(16)14(13)22-7-8-2-3-10(17)6-12(8)18/h2-6H,7H2,1H3,(H,19,20). The Balaban J connectivity index is 2.27. The Morgan fingerprint density at radius 2 is 2.00 bits per heavy atom. The highest BCUT2D eigenvalue weighted by molar-refractivity contribution is 9.10. The summed E-state index contributed by atoms with van der Waals surface area (Å²) in [6.07, 6.45) is 0. The molecule has 2 rings (SSSR count). The summed E-state index contributed by atoms with van der Waals surface area (Å²) in [4.78, 5) is 11.0. The van der Waals surface area contributed by atoms with Crippen molar-refractivity contribution in [2.24, 2.45) is 0 Å². The van der Waals surface area contributed by atoms with Crippen LogP contribution in [0.4, 0.5) is 0 Å². The molecular weight excluding hydrogens is 395 g/mol. The minimum absolute atomic E-state index is 0.0978. The highest BCUT2D eigenvalue weighted by Crippen LogP contribution is 2.37. The Bertz CT molecular complexity index is 719. The van der Waals surface area contributed by atoms with Crippen molar-refractivity contribution in [1.82, 2.24) is 0 Å². The molecule has 0 aliphatic rings. The molecule has 7 heteroatoms. The smallest absolute Gasteiger partial charge is 0.335 e. The van der Waals surface area contributed by atoms with Crippen molar-refractivity contribution in [3.05, 3.63) is 56.0 Å². The second-order valence-corrected chi connectivity index (χ2v) is 6.02. The zero-order chi connectivity index (χ0) is 16.3. The Hall–Kier alpha value is -1.43. The molecule has 0 unspecified atom stereocenters. The van der Waals surface area contributed by atoms with Gasteiger partial charge in [0.1, 0.15) is 6.61 Å². The van der Waals surface area contributed by atoms with Crippen LogP contribution in [0.3, 0.4) is 0 Å². The molecule has 116 valence electrons. The number of carboxylic acid groups (broad SMARTS) is 1. The highest BCUT2D eigenvalue weighted by atomic mass is 79.9. The molecule has 0 aromatic heterocycles. The average molecular weight is 406 g/mol. The number of hydrogen-bond donors (Lipinski definition) is 1. The summed E-state index contributed by atoms with van der Waals surface area (Å²) in [6.45, 7) is 0.192. The van der Waals surface area contributed by atoms with Gasteiger partial charge in [-0.2, -0.15) is 0 Å². The predicted octanol–water partition coefficient (Wildman–Crippen LogP) is 5.04. The third-order valence-corrected chi connectivity index (χ3v) is 4.04. The number of aromatic carboxylic acids is 1. The Labute approximate surface area is 145 Å². The van der Waals surface area contributed by atoms with Crippen molar-refractivity contribution in [2.45, 2.75) is 6.61 Å². The average Bonchev–Trinajstić information content (AvgIpc) is 2.46. The lowest BCUT2D eigenvalue weighted by atomic mass is 10.2. The van der Waals surface area contributed by atoms with Crippen LogP contribution >= 0.6 is 39.1 Å². The van der Waals surface area contributed by atoms with Gasteiger partial charge in [-0.1, -0.05) is 29.3 Å². The Morgan fingerprint density at radius 1 is 1.27 bits per heavy atom. The number of carbonyl (C=O) groups is 1. The van der Waals surface area contributed by atoms with Crippen LogP contribution in [0.2, 0.25) is 10.0 Å². The maximum Gasteiger partial charge on any atom is 0.335 e. The van der Waals surface area contributed by atoms with Gasteiger partial charge < -0.3 is 14.6 Å². The maximum atomic E-state index is 11.0. The molecule has 0 aliphatic carbocycles. The van der Waals surface area contributed by atoms with Gasteiger partial charge in [0.2, 0.25) is 0 Å². The summed E-state index contributed by atoms with van der Waals surface area (Å²) < 4.78 is 11.4. The van der Waals surface area contributed by atoms with Gasteiger partial charge in [0.05, 0.1) is 17.1 Å². The Morgan fingerprint density at radius 3 is 2.59 bits per heavy atom. The number of halogens is 3. The minimum atomic E-state index is -1.05. The zero-order valence-electron chi connectivity index (χ0n) is 11.4. The molecule has 1 N–H and O–H groups in total. The first-order valence-electron chi connectivity index (χ1n) is 6.10. The van der Waals surface area contributed by atoms with Gasteiger partial charge >= 0.3 is 5.97 Å². The van der Waals surface area contributed by atoms with Crippen molar-refractivity contribution in [3.8, 4) is 11.5 Å². The summed E-state index contributed by atoms with van der Waals surface area (Å²) in [5.74, 6) is -0.332. The summed E-state index contributed by atoms with van der Waals surface area (Å²) >= 11 is 15.2. The number of hydrogen-bond acceptors (Lipinski definition) is 3. The van der Waals surface area contributed by atoms with Crippen molar-refractivity contribution < 1.29 is 19.4 Å². The SMILES string of the molecule is COc1cc(C(=O)O)cc(Br)c1OCc1ccc(Cl)cc1Cl. The lowest BCUT2D eigenvalue weighted by Gasteiger charge is -2.14. The van der Waals surface area contributed by atoms with Gasteiger partial charge in [0, 0.05) is 15.6 Å². The largest absolute Gasteiger partial charge is 0.493 e. The molecule has 0 amide bonds. The number of methoxy groups -OCH3 is 1. The summed E-state index contributed by atoms with van der Waals surface area (Å²) in [6, 6.07) is 7.94. The van der Waals surface area contributed by atoms with E-state index in [0.717, 1.165) is 5.56 Å². The second kappa shape index (κ2) is 7.22. The van der Waals surface area contributed by atoms with Crippen LogP contribution in [0, 0.1) is 0 Å². The van der Waals surface area contributed by atoms with E-state index in [-0.39, 0.29) is 12.2 Å². The first kappa shape index (κ1) is 16.9. The van der Waals surface area contributed by atoms with E-state index >= 15 is 0 Å². The van der Waals surface area contributed by atoms with E-state index in [1.807, 2.05) is 0 Å². The van der Waals surface area contributed by atoms with E-state index in [4.69, 9.17) is 37.8 Å². The van der Waals surface area contributed by atoms with Gasteiger partial charge in [0.15, 0.2) is 11.5 Å². The summed E-state index contributed by atoms with van der Waals surface area (Å²) in [5.41, 5.74) is 0.850.